The van der Waals surface area contributed by atoms with E-state index in [-0.39, 0.29) is 23.5 Å². The first-order valence-corrected chi connectivity index (χ1v) is 8.08. The maximum absolute atomic E-state index is 13.7. The normalized spacial score (nSPS) is 13.9. The summed E-state index contributed by atoms with van der Waals surface area (Å²) >= 11 is 0. The Bertz CT molecular complexity index is 1040. The first kappa shape index (κ1) is 16.4. The summed E-state index contributed by atoms with van der Waals surface area (Å²) in [7, 11) is 0. The van der Waals surface area contributed by atoms with Crippen molar-refractivity contribution in [2.24, 2.45) is 0 Å². The molecule has 7 heteroatoms. The van der Waals surface area contributed by atoms with Crippen LogP contribution in [0.15, 0.2) is 54.4 Å². The fourth-order valence-corrected chi connectivity index (χ4v) is 2.82. The van der Waals surface area contributed by atoms with Gasteiger partial charge < -0.3 is 4.84 Å². The Balaban J connectivity index is 1.81. The van der Waals surface area contributed by atoms with Gasteiger partial charge in [0.15, 0.2) is 17.5 Å². The fourth-order valence-electron chi connectivity index (χ4n) is 2.82. The Morgan fingerprint density at radius 2 is 1.92 bits per heavy atom. The zero-order valence-corrected chi connectivity index (χ0v) is 13.6. The minimum absolute atomic E-state index is 0.209. The van der Waals surface area contributed by atoms with E-state index in [1.54, 1.807) is 0 Å². The average Bonchev–Trinajstić information content (AvgIpc) is 2.99. The van der Waals surface area contributed by atoms with Crippen molar-refractivity contribution in [1.29, 1.82) is 0 Å². The van der Waals surface area contributed by atoms with Gasteiger partial charge in [-0.05, 0) is 24.5 Å². The van der Waals surface area contributed by atoms with Crippen LogP contribution in [0.1, 0.15) is 12.8 Å². The number of rotatable bonds is 4. The van der Waals surface area contributed by atoms with E-state index in [1.165, 1.54) is 17.0 Å². The summed E-state index contributed by atoms with van der Waals surface area (Å²) in [5.41, 5.74) is 1.87. The number of hydrogen-bond acceptors (Lipinski definition) is 3. The van der Waals surface area contributed by atoms with Crippen molar-refractivity contribution in [2.75, 3.05) is 6.61 Å². The Morgan fingerprint density at radius 1 is 1.08 bits per heavy atom. The Kier molecular flexibility index (Phi) is 4.20. The molecule has 0 bridgehead atoms. The second-order valence-electron chi connectivity index (χ2n) is 5.94. The Morgan fingerprint density at radius 3 is 2.69 bits per heavy atom. The van der Waals surface area contributed by atoms with Crippen molar-refractivity contribution in [3.05, 3.63) is 71.8 Å². The molecule has 132 valence electrons. The van der Waals surface area contributed by atoms with Gasteiger partial charge in [0.25, 0.3) is 0 Å². The molecule has 1 aliphatic carbocycles. The van der Waals surface area contributed by atoms with E-state index < -0.39 is 17.5 Å². The van der Waals surface area contributed by atoms with Crippen LogP contribution < -0.4 is 4.84 Å². The van der Waals surface area contributed by atoms with Crippen molar-refractivity contribution in [2.45, 2.75) is 12.8 Å². The summed E-state index contributed by atoms with van der Waals surface area (Å²) in [6.45, 7) is 0.255. The molecule has 0 N–H and O–H groups in total. The number of nitrogens with zero attached hydrogens (tertiary/aromatic N) is 3. The number of aromatic nitrogens is 3. The lowest BCUT2D eigenvalue weighted by molar-refractivity contribution is 0.141. The highest BCUT2D eigenvalue weighted by molar-refractivity contribution is 5.80. The highest BCUT2D eigenvalue weighted by Gasteiger charge is 2.18. The molecule has 3 aromatic rings. The first-order valence-electron chi connectivity index (χ1n) is 8.08. The van der Waals surface area contributed by atoms with E-state index >= 15 is 0 Å². The van der Waals surface area contributed by atoms with Gasteiger partial charge in [0, 0.05) is 23.9 Å². The third-order valence-electron chi connectivity index (χ3n) is 4.10. The number of halogens is 3. The average molecular weight is 357 g/mol. The van der Waals surface area contributed by atoms with Crippen molar-refractivity contribution in [3.63, 3.8) is 0 Å². The topological polar surface area (TPSA) is 39.9 Å². The van der Waals surface area contributed by atoms with Crippen LogP contribution in [0, 0.1) is 17.5 Å². The molecule has 0 radical (unpaired) electrons. The third-order valence-corrected chi connectivity index (χ3v) is 4.10. The SMILES string of the molecule is Fc1cncc(-c2nc3cc(F)c(F)cc3n2OCC2=CC=CCC2)c1. The molecule has 0 aliphatic heterocycles. The number of hydrogen-bond donors (Lipinski definition) is 0. The Labute approximate surface area is 147 Å². The first-order chi connectivity index (χ1) is 12.6. The minimum atomic E-state index is -1.01. The van der Waals surface area contributed by atoms with E-state index in [4.69, 9.17) is 4.84 Å². The van der Waals surface area contributed by atoms with Gasteiger partial charge in [-0.2, -0.15) is 4.73 Å². The third kappa shape index (κ3) is 3.08. The molecule has 0 amide bonds. The van der Waals surface area contributed by atoms with Crippen LogP contribution >= 0.6 is 0 Å². The lowest BCUT2D eigenvalue weighted by Crippen LogP contribution is -2.16. The maximum Gasteiger partial charge on any atom is 0.178 e. The van der Waals surface area contributed by atoms with Gasteiger partial charge in [-0.25, -0.2) is 18.2 Å². The van der Waals surface area contributed by atoms with E-state index in [1.807, 2.05) is 12.2 Å². The molecule has 26 heavy (non-hydrogen) atoms. The summed E-state index contributed by atoms with van der Waals surface area (Å²) in [6.07, 6.45) is 10.2. The summed E-state index contributed by atoms with van der Waals surface area (Å²) < 4.78 is 42.2. The minimum Gasteiger partial charge on any atom is -0.407 e. The molecule has 0 saturated carbocycles. The molecule has 0 unspecified atom stereocenters. The van der Waals surface area contributed by atoms with Crippen LogP contribution in [0.25, 0.3) is 22.4 Å². The van der Waals surface area contributed by atoms with Crippen LogP contribution in [0.5, 0.6) is 0 Å². The molecule has 1 aromatic carbocycles. The van der Waals surface area contributed by atoms with Crippen LogP contribution in [0.2, 0.25) is 0 Å². The van der Waals surface area contributed by atoms with Gasteiger partial charge >= 0.3 is 0 Å². The quantitative estimate of drug-likeness (QED) is 0.702. The Hall–Kier alpha value is -3.09. The number of fused-ring (bicyclic) bond motifs is 1. The largest absolute Gasteiger partial charge is 0.407 e. The number of pyridine rings is 1. The predicted octanol–water partition coefficient (Wildman–Crippen LogP) is 4.22. The maximum atomic E-state index is 13.7. The van der Waals surface area contributed by atoms with Gasteiger partial charge in [-0.1, -0.05) is 18.2 Å². The van der Waals surface area contributed by atoms with Crippen molar-refractivity contribution < 1.29 is 18.0 Å². The van der Waals surface area contributed by atoms with Gasteiger partial charge in [0.2, 0.25) is 0 Å². The van der Waals surface area contributed by atoms with Crippen LogP contribution in [0.4, 0.5) is 13.2 Å². The second-order valence-corrected chi connectivity index (χ2v) is 5.94. The highest BCUT2D eigenvalue weighted by atomic mass is 19.2. The molecule has 0 saturated heterocycles. The van der Waals surface area contributed by atoms with Gasteiger partial charge in [-0.15, -0.1) is 0 Å². The second kappa shape index (κ2) is 6.67. The lowest BCUT2D eigenvalue weighted by Gasteiger charge is -2.14. The molecule has 2 heterocycles. The number of allylic oxidation sites excluding steroid dienone is 3. The van der Waals surface area contributed by atoms with E-state index in [0.717, 1.165) is 36.7 Å². The van der Waals surface area contributed by atoms with E-state index in [9.17, 15) is 13.2 Å². The standard InChI is InChI=1S/C19H14F3N3O/c20-14-6-13(9-23-10-14)19-24-17-7-15(21)16(22)8-18(17)25(19)26-11-12-4-2-1-3-5-12/h1-2,4,6-10H,3,5,11H2. The van der Waals surface area contributed by atoms with Crippen molar-refractivity contribution in [3.8, 4) is 11.4 Å². The molecule has 4 nitrogen and oxygen atoms in total. The molecule has 0 atom stereocenters. The monoisotopic (exact) mass is 357 g/mol. The summed E-state index contributed by atoms with van der Waals surface area (Å²) in [6, 6.07) is 3.25. The molecule has 1 aliphatic rings. The molecule has 4 rings (SSSR count). The zero-order valence-electron chi connectivity index (χ0n) is 13.6. The van der Waals surface area contributed by atoms with Crippen molar-refractivity contribution >= 4 is 11.0 Å². The summed E-state index contributed by atoms with van der Waals surface area (Å²) in [5, 5.41) is 0. The van der Waals surface area contributed by atoms with Crippen LogP contribution in [-0.4, -0.2) is 21.3 Å². The predicted molar refractivity (Wildman–Crippen MR) is 90.7 cm³/mol. The van der Waals surface area contributed by atoms with Crippen LogP contribution in [-0.2, 0) is 0 Å². The van der Waals surface area contributed by atoms with Crippen molar-refractivity contribution in [1.82, 2.24) is 14.7 Å². The molecular weight excluding hydrogens is 343 g/mol. The fraction of sp³-hybridized carbons (Fsp3) is 0.158. The van der Waals surface area contributed by atoms with Gasteiger partial charge in [0.05, 0.1) is 11.7 Å². The van der Waals surface area contributed by atoms with E-state index in [2.05, 4.69) is 16.0 Å². The zero-order chi connectivity index (χ0) is 18.1. The smallest absolute Gasteiger partial charge is 0.178 e. The lowest BCUT2D eigenvalue weighted by atomic mass is 10.1. The molecular formula is C19H14F3N3O. The molecule has 0 spiro atoms. The van der Waals surface area contributed by atoms with Crippen LogP contribution in [0.3, 0.4) is 0 Å². The molecule has 0 fully saturated rings. The summed E-state index contributed by atoms with van der Waals surface area (Å²) in [5.74, 6) is -2.33. The highest BCUT2D eigenvalue weighted by Crippen LogP contribution is 2.26. The van der Waals surface area contributed by atoms with Gasteiger partial charge in [-0.3, -0.25) is 4.98 Å². The molecule has 2 aromatic heterocycles. The number of imidazole rings is 1. The van der Waals surface area contributed by atoms with E-state index in [0.29, 0.717) is 5.56 Å². The van der Waals surface area contributed by atoms with Gasteiger partial charge in [0.1, 0.15) is 17.9 Å². The summed E-state index contributed by atoms with van der Waals surface area (Å²) in [4.78, 5) is 13.9. The number of benzene rings is 1.